The Hall–Kier alpha value is -2.29. The summed E-state index contributed by atoms with van der Waals surface area (Å²) in [6.45, 7) is 0.704. The summed E-state index contributed by atoms with van der Waals surface area (Å²) in [5.74, 6) is 0.0451. The van der Waals surface area contributed by atoms with Gasteiger partial charge in [-0.3, -0.25) is 4.79 Å². The van der Waals surface area contributed by atoms with Gasteiger partial charge in [0.05, 0.1) is 6.42 Å². The van der Waals surface area contributed by atoms with Crippen LogP contribution < -0.4 is 11.1 Å². The number of nitrogens with one attached hydrogen (secondary N) is 1. The number of hydrogen-bond donors (Lipinski definition) is 2. The maximum absolute atomic E-state index is 11.8. The van der Waals surface area contributed by atoms with Gasteiger partial charge in [0.1, 0.15) is 0 Å². The van der Waals surface area contributed by atoms with Gasteiger partial charge in [0.25, 0.3) is 0 Å². The Morgan fingerprint density at radius 2 is 1.75 bits per heavy atom. The summed E-state index contributed by atoms with van der Waals surface area (Å²) in [4.78, 5) is 11.8. The lowest BCUT2D eigenvalue weighted by molar-refractivity contribution is -0.120. The van der Waals surface area contributed by atoms with E-state index in [9.17, 15) is 4.79 Å². The van der Waals surface area contributed by atoms with Crippen molar-refractivity contribution >= 4 is 11.6 Å². The molecular formula is C17H20N2O. The fourth-order valence-corrected chi connectivity index (χ4v) is 2.12. The number of carbonyl (C=O) groups is 1. The second-order valence-electron chi connectivity index (χ2n) is 4.86. The van der Waals surface area contributed by atoms with Gasteiger partial charge in [0.2, 0.25) is 5.91 Å². The third kappa shape index (κ3) is 4.76. The predicted octanol–water partition coefficient (Wildman–Crippen LogP) is 2.56. The predicted molar refractivity (Wildman–Crippen MR) is 82.3 cm³/mol. The van der Waals surface area contributed by atoms with Crippen LogP contribution in [0.2, 0.25) is 0 Å². The van der Waals surface area contributed by atoms with Crippen LogP contribution in [-0.4, -0.2) is 12.5 Å². The number of anilines is 1. The molecule has 0 aliphatic rings. The molecule has 1 amide bonds. The van der Waals surface area contributed by atoms with Crippen molar-refractivity contribution in [2.45, 2.75) is 19.3 Å². The van der Waals surface area contributed by atoms with E-state index in [4.69, 9.17) is 5.73 Å². The van der Waals surface area contributed by atoms with Gasteiger partial charge in [-0.15, -0.1) is 0 Å². The molecule has 20 heavy (non-hydrogen) atoms. The average Bonchev–Trinajstić information content (AvgIpc) is 2.45. The van der Waals surface area contributed by atoms with Crippen LogP contribution in [0.5, 0.6) is 0 Å². The first-order chi connectivity index (χ1) is 9.74. The molecule has 0 radical (unpaired) electrons. The smallest absolute Gasteiger partial charge is 0.224 e. The van der Waals surface area contributed by atoms with Crippen molar-refractivity contribution in [1.29, 1.82) is 0 Å². The maximum atomic E-state index is 11.8. The molecule has 2 aromatic carbocycles. The molecule has 2 rings (SSSR count). The Morgan fingerprint density at radius 3 is 2.50 bits per heavy atom. The van der Waals surface area contributed by atoms with Crippen molar-refractivity contribution in [3.63, 3.8) is 0 Å². The lowest BCUT2D eigenvalue weighted by atomic mass is 10.1. The van der Waals surface area contributed by atoms with Gasteiger partial charge < -0.3 is 11.1 Å². The molecule has 104 valence electrons. The largest absolute Gasteiger partial charge is 0.399 e. The molecule has 0 atom stereocenters. The number of nitrogen functional groups attached to an aromatic ring is 1. The molecule has 0 aliphatic carbocycles. The number of amides is 1. The number of nitrogens with two attached hydrogens (primary N) is 1. The summed E-state index contributed by atoms with van der Waals surface area (Å²) in [6.07, 6.45) is 2.32. The van der Waals surface area contributed by atoms with Gasteiger partial charge in [-0.05, 0) is 36.1 Å². The zero-order chi connectivity index (χ0) is 14.2. The normalized spacial score (nSPS) is 10.2. The molecule has 0 bridgehead atoms. The van der Waals surface area contributed by atoms with Crippen molar-refractivity contribution in [2.24, 2.45) is 0 Å². The monoisotopic (exact) mass is 268 g/mol. The lowest BCUT2D eigenvalue weighted by Crippen LogP contribution is -2.26. The second kappa shape index (κ2) is 7.34. The number of carbonyl (C=O) groups excluding carboxylic acids is 1. The van der Waals surface area contributed by atoms with Crippen molar-refractivity contribution in [1.82, 2.24) is 5.32 Å². The topological polar surface area (TPSA) is 55.1 Å². The molecule has 0 saturated heterocycles. The number of hydrogen-bond acceptors (Lipinski definition) is 2. The van der Waals surface area contributed by atoms with Crippen LogP contribution in [-0.2, 0) is 17.6 Å². The zero-order valence-corrected chi connectivity index (χ0v) is 11.5. The number of rotatable bonds is 6. The van der Waals surface area contributed by atoms with Crippen molar-refractivity contribution < 1.29 is 4.79 Å². The molecule has 0 aliphatic heterocycles. The van der Waals surface area contributed by atoms with Crippen molar-refractivity contribution in [3.8, 4) is 0 Å². The standard InChI is InChI=1S/C17H20N2O/c18-16-10-4-8-15(12-16)13-17(20)19-11-5-9-14-6-2-1-3-7-14/h1-4,6-8,10,12H,5,9,11,13,18H2,(H,19,20). The molecule has 0 aromatic heterocycles. The van der Waals surface area contributed by atoms with E-state index in [1.165, 1.54) is 5.56 Å². The summed E-state index contributed by atoms with van der Waals surface area (Å²) in [5, 5.41) is 2.94. The van der Waals surface area contributed by atoms with Crippen LogP contribution in [0.3, 0.4) is 0 Å². The Bertz CT molecular complexity index is 552. The molecule has 0 heterocycles. The molecule has 0 spiro atoms. The summed E-state index contributed by atoms with van der Waals surface area (Å²) in [5.41, 5.74) is 8.64. The SMILES string of the molecule is Nc1cccc(CC(=O)NCCCc2ccccc2)c1. The molecular weight excluding hydrogens is 248 g/mol. The van der Waals surface area contributed by atoms with E-state index < -0.39 is 0 Å². The zero-order valence-electron chi connectivity index (χ0n) is 11.5. The van der Waals surface area contributed by atoms with E-state index >= 15 is 0 Å². The Balaban J connectivity index is 1.68. The molecule has 3 N–H and O–H groups in total. The molecule has 0 saturated carbocycles. The summed E-state index contributed by atoms with van der Waals surface area (Å²) < 4.78 is 0. The fraction of sp³-hybridized carbons (Fsp3) is 0.235. The lowest BCUT2D eigenvalue weighted by Gasteiger charge is -2.06. The van der Waals surface area contributed by atoms with Gasteiger partial charge in [0, 0.05) is 12.2 Å². The van der Waals surface area contributed by atoms with Crippen LogP contribution in [0.15, 0.2) is 54.6 Å². The van der Waals surface area contributed by atoms with Gasteiger partial charge in [0.15, 0.2) is 0 Å². The molecule has 3 heteroatoms. The quantitative estimate of drug-likeness (QED) is 0.625. The highest BCUT2D eigenvalue weighted by atomic mass is 16.1. The fourth-order valence-electron chi connectivity index (χ4n) is 2.12. The van der Waals surface area contributed by atoms with E-state index in [0.29, 0.717) is 18.7 Å². The molecule has 2 aromatic rings. The molecule has 3 nitrogen and oxygen atoms in total. The van der Waals surface area contributed by atoms with E-state index in [1.807, 2.05) is 42.5 Å². The van der Waals surface area contributed by atoms with E-state index in [2.05, 4.69) is 17.4 Å². The highest BCUT2D eigenvalue weighted by Crippen LogP contribution is 2.07. The van der Waals surface area contributed by atoms with Crippen LogP contribution in [0, 0.1) is 0 Å². The van der Waals surface area contributed by atoms with Crippen LogP contribution in [0.25, 0.3) is 0 Å². The molecule has 0 fully saturated rings. The number of aryl methyl sites for hydroxylation is 1. The van der Waals surface area contributed by atoms with E-state index in [-0.39, 0.29) is 5.91 Å². The minimum atomic E-state index is 0.0451. The summed E-state index contributed by atoms with van der Waals surface area (Å²) >= 11 is 0. The average molecular weight is 268 g/mol. The summed E-state index contributed by atoms with van der Waals surface area (Å²) in [7, 11) is 0. The maximum Gasteiger partial charge on any atom is 0.224 e. The van der Waals surface area contributed by atoms with Crippen LogP contribution in [0.4, 0.5) is 5.69 Å². The van der Waals surface area contributed by atoms with Gasteiger partial charge >= 0.3 is 0 Å². The Labute approximate surface area is 119 Å². The van der Waals surface area contributed by atoms with E-state index in [0.717, 1.165) is 18.4 Å². The Kier molecular flexibility index (Phi) is 5.18. The van der Waals surface area contributed by atoms with Crippen molar-refractivity contribution in [3.05, 3.63) is 65.7 Å². The third-order valence-corrected chi connectivity index (χ3v) is 3.12. The minimum absolute atomic E-state index is 0.0451. The highest BCUT2D eigenvalue weighted by molar-refractivity contribution is 5.78. The first kappa shape index (κ1) is 14.1. The van der Waals surface area contributed by atoms with Gasteiger partial charge in [-0.2, -0.15) is 0 Å². The Morgan fingerprint density at radius 1 is 1.00 bits per heavy atom. The second-order valence-corrected chi connectivity index (χ2v) is 4.86. The third-order valence-electron chi connectivity index (χ3n) is 3.12. The van der Waals surface area contributed by atoms with Gasteiger partial charge in [-0.25, -0.2) is 0 Å². The van der Waals surface area contributed by atoms with E-state index in [1.54, 1.807) is 0 Å². The summed E-state index contributed by atoms with van der Waals surface area (Å²) in [6, 6.07) is 17.7. The first-order valence-corrected chi connectivity index (χ1v) is 6.89. The number of benzene rings is 2. The highest BCUT2D eigenvalue weighted by Gasteiger charge is 2.03. The minimum Gasteiger partial charge on any atom is -0.399 e. The van der Waals surface area contributed by atoms with Crippen LogP contribution in [0.1, 0.15) is 17.5 Å². The van der Waals surface area contributed by atoms with Crippen molar-refractivity contribution in [2.75, 3.05) is 12.3 Å². The molecule has 0 unspecified atom stereocenters. The van der Waals surface area contributed by atoms with Gasteiger partial charge in [-0.1, -0.05) is 42.5 Å². The first-order valence-electron chi connectivity index (χ1n) is 6.89. The van der Waals surface area contributed by atoms with Crippen LogP contribution >= 0.6 is 0 Å².